The molecular weight excluding hydrogens is 318 g/mol. The summed E-state index contributed by atoms with van der Waals surface area (Å²) >= 11 is 1.90. The van der Waals surface area contributed by atoms with E-state index in [9.17, 15) is 0 Å². The molecule has 0 bridgehead atoms. The maximum absolute atomic E-state index is 5.95. The molecule has 0 amide bonds. The summed E-state index contributed by atoms with van der Waals surface area (Å²) in [5.41, 5.74) is 2.84. The highest BCUT2D eigenvalue weighted by atomic mass is 32.1. The first-order chi connectivity index (χ1) is 11.8. The van der Waals surface area contributed by atoms with Gasteiger partial charge in [0.15, 0.2) is 0 Å². The second-order valence-corrected chi connectivity index (χ2v) is 7.79. The van der Waals surface area contributed by atoms with Crippen LogP contribution in [-0.4, -0.2) is 30.8 Å². The summed E-state index contributed by atoms with van der Waals surface area (Å²) in [6, 6.07) is 11.3. The number of hydrogen-bond acceptors (Lipinski definition) is 4. The summed E-state index contributed by atoms with van der Waals surface area (Å²) < 4.78 is 11.6. The molecule has 0 radical (unpaired) electrons. The third-order valence-electron chi connectivity index (χ3n) is 5.15. The lowest BCUT2D eigenvalue weighted by molar-refractivity contribution is 0.0679. The molecule has 1 saturated heterocycles. The molecule has 0 saturated carbocycles. The molecule has 4 heteroatoms. The van der Waals surface area contributed by atoms with Gasteiger partial charge >= 0.3 is 0 Å². The van der Waals surface area contributed by atoms with Crippen LogP contribution in [0.15, 0.2) is 35.7 Å². The van der Waals surface area contributed by atoms with E-state index in [-0.39, 0.29) is 6.10 Å². The van der Waals surface area contributed by atoms with E-state index < -0.39 is 0 Å². The van der Waals surface area contributed by atoms with Gasteiger partial charge in [-0.1, -0.05) is 12.1 Å². The third-order valence-corrected chi connectivity index (χ3v) is 6.14. The molecule has 1 fully saturated rings. The van der Waals surface area contributed by atoms with E-state index in [2.05, 4.69) is 47.5 Å². The second kappa shape index (κ2) is 7.26. The molecule has 0 N–H and O–H groups in total. The molecule has 3 heterocycles. The van der Waals surface area contributed by atoms with Gasteiger partial charge in [0.05, 0.1) is 6.10 Å². The predicted octanol–water partition coefficient (Wildman–Crippen LogP) is 4.43. The predicted molar refractivity (Wildman–Crippen MR) is 97.8 cm³/mol. The van der Waals surface area contributed by atoms with Gasteiger partial charge in [0.25, 0.3) is 0 Å². The van der Waals surface area contributed by atoms with E-state index in [1.807, 2.05) is 11.3 Å². The van der Waals surface area contributed by atoms with Crippen LogP contribution in [0.5, 0.6) is 5.75 Å². The summed E-state index contributed by atoms with van der Waals surface area (Å²) in [7, 11) is 0. The summed E-state index contributed by atoms with van der Waals surface area (Å²) in [5.74, 6) is 0.962. The maximum atomic E-state index is 5.95. The van der Waals surface area contributed by atoms with Crippen LogP contribution < -0.4 is 4.74 Å². The van der Waals surface area contributed by atoms with Crippen molar-refractivity contribution in [3.8, 4) is 5.75 Å². The Morgan fingerprint density at radius 3 is 3.17 bits per heavy atom. The Morgan fingerprint density at radius 2 is 2.29 bits per heavy atom. The summed E-state index contributed by atoms with van der Waals surface area (Å²) in [4.78, 5) is 4.13. The quantitative estimate of drug-likeness (QED) is 0.802. The van der Waals surface area contributed by atoms with Crippen molar-refractivity contribution in [1.29, 1.82) is 0 Å². The molecule has 2 aliphatic heterocycles. The Labute approximate surface area is 148 Å². The normalized spacial score (nSPS) is 24.0. The van der Waals surface area contributed by atoms with Gasteiger partial charge in [-0.3, -0.25) is 4.90 Å². The lowest BCUT2D eigenvalue weighted by Gasteiger charge is -2.33. The summed E-state index contributed by atoms with van der Waals surface area (Å²) in [5, 5.41) is 2.23. The zero-order chi connectivity index (χ0) is 16.4. The fourth-order valence-electron chi connectivity index (χ4n) is 3.71. The van der Waals surface area contributed by atoms with E-state index in [4.69, 9.17) is 9.47 Å². The zero-order valence-corrected chi connectivity index (χ0v) is 15.1. The van der Waals surface area contributed by atoms with Gasteiger partial charge in [-0.05, 0) is 60.9 Å². The van der Waals surface area contributed by atoms with Crippen LogP contribution >= 0.6 is 11.3 Å². The number of benzene rings is 1. The number of rotatable bonds is 5. The SMILES string of the molecule is C[C@@H]1c2ccsc2CCN1Cc1cccc(OC[C@H]2CCCO2)c1. The molecule has 1 aromatic heterocycles. The van der Waals surface area contributed by atoms with E-state index in [1.165, 1.54) is 17.5 Å². The van der Waals surface area contributed by atoms with Gasteiger partial charge in [-0.15, -0.1) is 11.3 Å². The number of thiophene rings is 1. The van der Waals surface area contributed by atoms with Crippen molar-refractivity contribution < 1.29 is 9.47 Å². The van der Waals surface area contributed by atoms with Crippen molar-refractivity contribution >= 4 is 11.3 Å². The van der Waals surface area contributed by atoms with E-state index in [0.29, 0.717) is 12.6 Å². The highest BCUT2D eigenvalue weighted by Crippen LogP contribution is 2.33. The van der Waals surface area contributed by atoms with E-state index in [0.717, 1.165) is 38.3 Å². The van der Waals surface area contributed by atoms with Crippen molar-refractivity contribution in [3.05, 3.63) is 51.7 Å². The first kappa shape index (κ1) is 16.1. The van der Waals surface area contributed by atoms with Crippen molar-refractivity contribution in [2.45, 2.75) is 44.9 Å². The van der Waals surface area contributed by atoms with Crippen LogP contribution in [0.4, 0.5) is 0 Å². The van der Waals surface area contributed by atoms with Gasteiger partial charge in [0, 0.05) is 30.6 Å². The monoisotopic (exact) mass is 343 g/mol. The smallest absolute Gasteiger partial charge is 0.119 e. The molecule has 0 unspecified atom stereocenters. The molecule has 24 heavy (non-hydrogen) atoms. The number of hydrogen-bond donors (Lipinski definition) is 0. The Kier molecular flexibility index (Phi) is 4.88. The first-order valence-corrected chi connectivity index (χ1v) is 9.81. The minimum absolute atomic E-state index is 0.271. The average Bonchev–Trinajstić information content (AvgIpc) is 3.27. The van der Waals surface area contributed by atoms with Crippen LogP contribution in [0.25, 0.3) is 0 Å². The van der Waals surface area contributed by atoms with Crippen molar-refractivity contribution in [2.75, 3.05) is 19.8 Å². The minimum atomic E-state index is 0.271. The Hall–Kier alpha value is -1.36. The van der Waals surface area contributed by atoms with Crippen molar-refractivity contribution in [1.82, 2.24) is 4.90 Å². The standard InChI is InChI=1S/C20H25NO2S/c1-15-19-8-11-24-20(19)7-9-21(15)13-16-4-2-5-17(12-16)23-14-18-6-3-10-22-18/h2,4-5,8,11-12,15,18H,3,6-7,9-10,13-14H2,1H3/t15-,18-/m1/s1. The zero-order valence-electron chi connectivity index (χ0n) is 14.2. The molecule has 1 aromatic carbocycles. The Balaban J connectivity index is 1.39. The highest BCUT2D eigenvalue weighted by Gasteiger charge is 2.24. The van der Waals surface area contributed by atoms with Gasteiger partial charge in [-0.2, -0.15) is 0 Å². The van der Waals surface area contributed by atoms with Gasteiger partial charge in [0.2, 0.25) is 0 Å². The molecule has 2 aromatic rings. The van der Waals surface area contributed by atoms with Crippen molar-refractivity contribution in [3.63, 3.8) is 0 Å². The molecular formula is C20H25NO2S. The van der Waals surface area contributed by atoms with Crippen LogP contribution in [0.1, 0.15) is 41.8 Å². The fraction of sp³-hybridized carbons (Fsp3) is 0.500. The number of nitrogens with zero attached hydrogens (tertiary/aromatic N) is 1. The molecule has 0 spiro atoms. The van der Waals surface area contributed by atoms with E-state index >= 15 is 0 Å². The molecule has 128 valence electrons. The number of fused-ring (bicyclic) bond motifs is 1. The highest BCUT2D eigenvalue weighted by molar-refractivity contribution is 7.10. The lowest BCUT2D eigenvalue weighted by Crippen LogP contribution is -2.32. The summed E-state index contributed by atoms with van der Waals surface area (Å²) in [6.07, 6.45) is 3.72. The molecule has 3 nitrogen and oxygen atoms in total. The largest absolute Gasteiger partial charge is 0.491 e. The van der Waals surface area contributed by atoms with Crippen LogP contribution in [-0.2, 0) is 17.7 Å². The Bertz CT molecular complexity index is 678. The van der Waals surface area contributed by atoms with Gasteiger partial charge in [-0.25, -0.2) is 0 Å². The van der Waals surface area contributed by atoms with E-state index in [1.54, 1.807) is 4.88 Å². The fourth-order valence-corrected chi connectivity index (χ4v) is 4.67. The third kappa shape index (κ3) is 3.51. The minimum Gasteiger partial charge on any atom is -0.491 e. The van der Waals surface area contributed by atoms with Crippen LogP contribution in [0.2, 0.25) is 0 Å². The topological polar surface area (TPSA) is 21.7 Å². The first-order valence-electron chi connectivity index (χ1n) is 8.93. The second-order valence-electron chi connectivity index (χ2n) is 6.79. The van der Waals surface area contributed by atoms with Gasteiger partial charge in [0.1, 0.15) is 12.4 Å². The van der Waals surface area contributed by atoms with Crippen LogP contribution in [0, 0.1) is 0 Å². The molecule has 2 atom stereocenters. The molecule has 0 aliphatic carbocycles. The maximum Gasteiger partial charge on any atom is 0.119 e. The van der Waals surface area contributed by atoms with Crippen molar-refractivity contribution in [2.24, 2.45) is 0 Å². The lowest BCUT2D eigenvalue weighted by atomic mass is 10.0. The number of ether oxygens (including phenoxy) is 2. The molecule has 4 rings (SSSR count). The van der Waals surface area contributed by atoms with Crippen LogP contribution in [0.3, 0.4) is 0 Å². The molecule has 2 aliphatic rings. The summed E-state index contributed by atoms with van der Waals surface area (Å²) in [6.45, 7) is 5.99. The van der Waals surface area contributed by atoms with Gasteiger partial charge < -0.3 is 9.47 Å². The average molecular weight is 343 g/mol. The Morgan fingerprint density at radius 1 is 1.33 bits per heavy atom.